The number of benzene rings is 1. The summed E-state index contributed by atoms with van der Waals surface area (Å²) >= 11 is 0. The van der Waals surface area contributed by atoms with Gasteiger partial charge < -0.3 is 4.42 Å². The van der Waals surface area contributed by atoms with Gasteiger partial charge >= 0.3 is 5.88 Å². The highest BCUT2D eigenvalue weighted by atomic mass is 16.6. The molecule has 1 amide bonds. The van der Waals surface area contributed by atoms with Crippen LogP contribution in [-0.2, 0) is 0 Å². The van der Waals surface area contributed by atoms with Crippen LogP contribution in [0.2, 0.25) is 0 Å². The Morgan fingerprint density at radius 2 is 2.00 bits per heavy atom. The molecular weight excluding hydrogens is 286 g/mol. The normalized spacial score (nSPS) is 11.1. The van der Waals surface area contributed by atoms with Gasteiger partial charge in [-0.3, -0.25) is 14.9 Å². The standard InChI is InChI=1S/C15H13N3O4/c1-11-4-6-12(7-5-11)15(19)17-16-10-2-3-13-8-9-14(22-13)18(20)21/h2-10H,1H3,(H,17,19)/b3-2+,16-10+. The summed E-state index contributed by atoms with van der Waals surface area (Å²) in [5.41, 5.74) is 3.94. The number of furan rings is 1. The molecule has 0 atom stereocenters. The number of allylic oxidation sites excluding steroid dienone is 1. The van der Waals surface area contributed by atoms with Gasteiger partial charge in [0.05, 0.1) is 6.07 Å². The molecule has 0 aliphatic heterocycles. The quantitative estimate of drug-likeness (QED) is 0.521. The van der Waals surface area contributed by atoms with Crippen LogP contribution in [0.3, 0.4) is 0 Å². The molecule has 0 bridgehead atoms. The number of hydrogen-bond donors (Lipinski definition) is 1. The number of nitrogens with zero attached hydrogens (tertiary/aromatic N) is 2. The van der Waals surface area contributed by atoms with Crippen LogP contribution < -0.4 is 5.43 Å². The highest BCUT2D eigenvalue weighted by molar-refractivity contribution is 5.94. The third-order valence-corrected chi connectivity index (χ3v) is 2.69. The first-order valence-corrected chi connectivity index (χ1v) is 6.37. The smallest absolute Gasteiger partial charge is 0.401 e. The fourth-order valence-corrected chi connectivity index (χ4v) is 1.58. The van der Waals surface area contributed by atoms with Crippen molar-refractivity contribution in [3.63, 3.8) is 0 Å². The fourth-order valence-electron chi connectivity index (χ4n) is 1.58. The van der Waals surface area contributed by atoms with E-state index < -0.39 is 4.92 Å². The van der Waals surface area contributed by atoms with Crippen LogP contribution >= 0.6 is 0 Å². The number of nitro groups is 1. The second-order valence-corrected chi connectivity index (χ2v) is 4.38. The van der Waals surface area contributed by atoms with Gasteiger partial charge in [0.1, 0.15) is 10.7 Å². The van der Waals surface area contributed by atoms with Crippen molar-refractivity contribution in [2.45, 2.75) is 6.92 Å². The molecule has 0 aliphatic carbocycles. The van der Waals surface area contributed by atoms with Crippen LogP contribution in [0.4, 0.5) is 5.88 Å². The summed E-state index contributed by atoms with van der Waals surface area (Å²) in [7, 11) is 0. The number of carbonyl (C=O) groups is 1. The molecule has 22 heavy (non-hydrogen) atoms. The molecule has 0 unspecified atom stereocenters. The molecule has 7 heteroatoms. The van der Waals surface area contributed by atoms with Crippen molar-refractivity contribution in [2.75, 3.05) is 0 Å². The summed E-state index contributed by atoms with van der Waals surface area (Å²) < 4.78 is 4.92. The van der Waals surface area contributed by atoms with Crippen molar-refractivity contribution in [1.82, 2.24) is 5.43 Å². The molecule has 1 aromatic carbocycles. The lowest BCUT2D eigenvalue weighted by Gasteiger charge is -1.99. The lowest BCUT2D eigenvalue weighted by molar-refractivity contribution is -0.402. The van der Waals surface area contributed by atoms with E-state index in [0.717, 1.165) is 5.56 Å². The summed E-state index contributed by atoms with van der Waals surface area (Å²) in [5.74, 6) is -0.328. The van der Waals surface area contributed by atoms with Gasteiger partial charge in [-0.05, 0) is 37.3 Å². The van der Waals surface area contributed by atoms with Crippen LogP contribution in [-0.4, -0.2) is 17.0 Å². The largest absolute Gasteiger partial charge is 0.433 e. The Balaban J connectivity index is 1.86. The van der Waals surface area contributed by atoms with Gasteiger partial charge in [-0.15, -0.1) is 0 Å². The molecule has 0 saturated heterocycles. The molecule has 7 nitrogen and oxygen atoms in total. The monoisotopic (exact) mass is 299 g/mol. The van der Waals surface area contributed by atoms with E-state index in [9.17, 15) is 14.9 Å². The Morgan fingerprint density at radius 3 is 2.64 bits per heavy atom. The molecule has 2 aromatic rings. The van der Waals surface area contributed by atoms with Crippen molar-refractivity contribution in [3.8, 4) is 0 Å². The molecule has 1 aromatic heterocycles. The number of carbonyl (C=O) groups excluding carboxylic acids is 1. The molecule has 1 heterocycles. The third kappa shape index (κ3) is 4.14. The molecular formula is C15H13N3O4. The minimum absolute atomic E-state index is 0.321. The zero-order chi connectivity index (χ0) is 15.9. The van der Waals surface area contributed by atoms with Crippen molar-refractivity contribution in [1.29, 1.82) is 0 Å². The molecule has 2 rings (SSSR count). The Kier molecular flexibility index (Phi) is 4.81. The lowest BCUT2D eigenvalue weighted by atomic mass is 10.1. The topological polar surface area (TPSA) is 97.7 Å². The van der Waals surface area contributed by atoms with E-state index in [0.29, 0.717) is 11.3 Å². The molecule has 0 aliphatic rings. The first kappa shape index (κ1) is 15.2. The minimum Gasteiger partial charge on any atom is -0.401 e. The van der Waals surface area contributed by atoms with Crippen LogP contribution in [0.1, 0.15) is 21.7 Å². The Bertz CT molecular complexity index is 730. The molecule has 0 fully saturated rings. The van der Waals surface area contributed by atoms with Crippen molar-refractivity contribution >= 4 is 24.1 Å². The van der Waals surface area contributed by atoms with E-state index in [2.05, 4.69) is 10.5 Å². The van der Waals surface area contributed by atoms with Gasteiger partial charge in [-0.25, -0.2) is 5.43 Å². The predicted octanol–water partition coefficient (Wildman–Crippen LogP) is 2.93. The maximum atomic E-state index is 11.7. The molecule has 0 spiro atoms. The molecule has 1 N–H and O–H groups in total. The summed E-state index contributed by atoms with van der Waals surface area (Å²) in [5, 5.41) is 14.2. The zero-order valence-electron chi connectivity index (χ0n) is 11.7. The van der Waals surface area contributed by atoms with E-state index >= 15 is 0 Å². The van der Waals surface area contributed by atoms with Gasteiger partial charge in [0.2, 0.25) is 0 Å². The number of hydrazone groups is 1. The Labute approximate surface area is 126 Å². The van der Waals surface area contributed by atoms with Gasteiger partial charge in [0.15, 0.2) is 0 Å². The van der Waals surface area contributed by atoms with E-state index in [-0.39, 0.29) is 11.8 Å². The minimum atomic E-state index is -0.618. The van der Waals surface area contributed by atoms with Crippen LogP contribution in [0.15, 0.2) is 52.0 Å². The number of hydrogen-bond acceptors (Lipinski definition) is 5. The van der Waals surface area contributed by atoms with E-state index in [4.69, 9.17) is 4.42 Å². The van der Waals surface area contributed by atoms with Gasteiger partial charge in [-0.2, -0.15) is 5.10 Å². The average Bonchev–Trinajstić information content (AvgIpc) is 2.96. The van der Waals surface area contributed by atoms with Crippen LogP contribution in [0, 0.1) is 17.0 Å². The van der Waals surface area contributed by atoms with E-state index in [1.807, 2.05) is 19.1 Å². The van der Waals surface area contributed by atoms with Crippen molar-refractivity contribution in [2.24, 2.45) is 5.10 Å². The average molecular weight is 299 g/mol. The first-order valence-electron chi connectivity index (χ1n) is 6.37. The summed E-state index contributed by atoms with van der Waals surface area (Å²) in [6.45, 7) is 1.93. The predicted molar refractivity (Wildman–Crippen MR) is 81.5 cm³/mol. The number of nitrogens with one attached hydrogen (secondary N) is 1. The van der Waals surface area contributed by atoms with E-state index in [1.54, 1.807) is 12.1 Å². The molecule has 0 saturated carbocycles. The second-order valence-electron chi connectivity index (χ2n) is 4.38. The first-order chi connectivity index (χ1) is 10.6. The summed E-state index contributed by atoms with van der Waals surface area (Å²) in [6, 6.07) is 9.81. The fraction of sp³-hybridized carbons (Fsp3) is 0.0667. The van der Waals surface area contributed by atoms with Crippen molar-refractivity contribution < 1.29 is 14.1 Å². The highest BCUT2D eigenvalue weighted by Gasteiger charge is 2.09. The highest BCUT2D eigenvalue weighted by Crippen LogP contribution is 2.16. The van der Waals surface area contributed by atoms with Gasteiger partial charge in [0, 0.05) is 11.8 Å². The molecule has 0 radical (unpaired) electrons. The second kappa shape index (κ2) is 6.98. The van der Waals surface area contributed by atoms with Crippen molar-refractivity contribution in [3.05, 3.63) is 69.5 Å². The number of rotatable bonds is 5. The Hall–Kier alpha value is -3.22. The maximum Gasteiger partial charge on any atom is 0.433 e. The Morgan fingerprint density at radius 1 is 1.27 bits per heavy atom. The zero-order valence-corrected chi connectivity index (χ0v) is 11.7. The maximum absolute atomic E-state index is 11.7. The molecule has 112 valence electrons. The third-order valence-electron chi connectivity index (χ3n) is 2.69. The lowest BCUT2D eigenvalue weighted by Crippen LogP contribution is -2.17. The van der Waals surface area contributed by atoms with Crippen LogP contribution in [0.5, 0.6) is 0 Å². The van der Waals surface area contributed by atoms with Gasteiger partial charge in [-0.1, -0.05) is 17.7 Å². The van der Waals surface area contributed by atoms with E-state index in [1.165, 1.54) is 30.5 Å². The van der Waals surface area contributed by atoms with Gasteiger partial charge in [0.25, 0.3) is 5.91 Å². The number of aryl methyl sites for hydroxylation is 1. The van der Waals surface area contributed by atoms with Crippen LogP contribution in [0.25, 0.3) is 6.08 Å². The summed E-state index contributed by atoms with van der Waals surface area (Å²) in [4.78, 5) is 21.5. The summed E-state index contributed by atoms with van der Waals surface area (Å²) in [6.07, 6.45) is 4.34. The number of amides is 1. The SMILES string of the molecule is Cc1ccc(C(=O)N/N=C/C=C/c2ccc([N+](=O)[O-])o2)cc1.